The Balaban J connectivity index is 2.15. The van der Waals surface area contributed by atoms with Crippen LogP contribution in [0, 0.1) is 0 Å². The van der Waals surface area contributed by atoms with Gasteiger partial charge in [0, 0.05) is 16.3 Å². The Morgan fingerprint density at radius 3 is 2.74 bits per heavy atom. The van der Waals surface area contributed by atoms with Crippen molar-refractivity contribution in [3.05, 3.63) is 51.3 Å². The van der Waals surface area contributed by atoms with Crippen molar-refractivity contribution in [2.45, 2.75) is 19.0 Å². The Morgan fingerprint density at radius 1 is 1.26 bits per heavy atom. The van der Waals surface area contributed by atoms with Crippen molar-refractivity contribution in [2.75, 3.05) is 0 Å². The van der Waals surface area contributed by atoms with E-state index in [1.165, 1.54) is 4.88 Å². The first kappa shape index (κ1) is 12.8. The largest absolute Gasteiger partial charge is 0.326 e. The number of fused-ring (bicyclic) bond motifs is 1. The molecule has 3 nitrogen and oxygen atoms in total. The molecule has 2 heterocycles. The van der Waals surface area contributed by atoms with E-state index < -0.39 is 0 Å². The second-order valence-corrected chi connectivity index (χ2v) is 7.09. The molecule has 0 fully saturated rings. The fraction of sp³-hybridized carbons (Fsp3) is 0.214. The summed E-state index contributed by atoms with van der Waals surface area (Å²) in [5, 5.41) is 5.67. The van der Waals surface area contributed by atoms with Crippen LogP contribution < -0.4 is 5.73 Å². The van der Waals surface area contributed by atoms with Crippen molar-refractivity contribution < 1.29 is 0 Å². The van der Waals surface area contributed by atoms with E-state index >= 15 is 0 Å². The van der Waals surface area contributed by atoms with Gasteiger partial charge in [0.2, 0.25) is 0 Å². The maximum atomic E-state index is 6.19. The molecule has 0 saturated carbocycles. The number of nitrogens with two attached hydrogens (primary N) is 1. The molecule has 0 aliphatic heterocycles. The van der Waals surface area contributed by atoms with Gasteiger partial charge in [-0.25, -0.2) is 0 Å². The van der Waals surface area contributed by atoms with E-state index in [2.05, 4.69) is 45.3 Å². The molecular formula is C14H14BrN3S. The number of benzene rings is 1. The maximum Gasteiger partial charge on any atom is 0.102 e. The lowest BCUT2D eigenvalue weighted by Gasteiger charge is -2.21. The van der Waals surface area contributed by atoms with Crippen LogP contribution in [0.1, 0.15) is 17.8 Å². The Kier molecular flexibility index (Phi) is 3.43. The number of aromatic nitrogens is 2. The smallest absolute Gasteiger partial charge is 0.102 e. The zero-order chi connectivity index (χ0) is 13.4. The van der Waals surface area contributed by atoms with Gasteiger partial charge in [-0.2, -0.15) is 5.10 Å². The molecule has 2 N–H and O–H groups in total. The second-order valence-electron chi connectivity index (χ2n) is 4.59. The fourth-order valence-corrected chi connectivity index (χ4v) is 3.93. The summed E-state index contributed by atoms with van der Waals surface area (Å²) in [5.41, 5.74) is 7.31. The van der Waals surface area contributed by atoms with E-state index in [4.69, 9.17) is 5.73 Å². The number of nitrogens with zero attached hydrogens (tertiary/aromatic N) is 2. The van der Waals surface area contributed by atoms with E-state index in [0.29, 0.717) is 0 Å². The third-order valence-electron chi connectivity index (χ3n) is 3.15. The minimum Gasteiger partial charge on any atom is -0.326 e. The van der Waals surface area contributed by atoms with Crippen molar-refractivity contribution in [3.63, 3.8) is 0 Å². The summed E-state index contributed by atoms with van der Waals surface area (Å²) < 4.78 is 3.14. The van der Waals surface area contributed by atoms with Gasteiger partial charge in [0.25, 0.3) is 0 Å². The highest BCUT2D eigenvalue weighted by molar-refractivity contribution is 9.11. The fourth-order valence-electron chi connectivity index (χ4n) is 2.30. The molecule has 0 aliphatic carbocycles. The quantitative estimate of drug-likeness (QED) is 0.791. The lowest BCUT2D eigenvalue weighted by atomic mass is 10.1. The summed E-state index contributed by atoms with van der Waals surface area (Å²) in [6.45, 7) is 2.02. The van der Waals surface area contributed by atoms with Gasteiger partial charge in [-0.3, -0.25) is 4.68 Å². The molecule has 5 heteroatoms. The van der Waals surface area contributed by atoms with Gasteiger partial charge >= 0.3 is 0 Å². The minimum atomic E-state index is -0.00569. The molecule has 0 saturated heterocycles. The lowest BCUT2D eigenvalue weighted by Crippen LogP contribution is -2.30. The average molecular weight is 336 g/mol. The molecule has 19 heavy (non-hydrogen) atoms. The van der Waals surface area contributed by atoms with Crippen molar-refractivity contribution in [3.8, 4) is 0 Å². The Hall–Kier alpha value is -1.17. The van der Waals surface area contributed by atoms with Crippen LogP contribution >= 0.6 is 27.3 Å². The Bertz CT molecular complexity index is 701. The van der Waals surface area contributed by atoms with Gasteiger partial charge < -0.3 is 5.73 Å². The average Bonchev–Trinajstić information content (AvgIpc) is 2.98. The monoisotopic (exact) mass is 335 g/mol. The number of halogens is 1. The lowest BCUT2D eigenvalue weighted by molar-refractivity contribution is 0.473. The number of rotatable bonds is 3. The van der Waals surface area contributed by atoms with Crippen molar-refractivity contribution in [1.82, 2.24) is 9.78 Å². The van der Waals surface area contributed by atoms with Gasteiger partial charge in [-0.1, -0.05) is 18.2 Å². The van der Waals surface area contributed by atoms with E-state index in [1.54, 1.807) is 11.3 Å². The van der Waals surface area contributed by atoms with E-state index in [1.807, 2.05) is 29.9 Å². The highest BCUT2D eigenvalue weighted by Gasteiger charge is 2.22. The summed E-state index contributed by atoms with van der Waals surface area (Å²) in [6.07, 6.45) is 1.90. The van der Waals surface area contributed by atoms with Crippen LogP contribution in [0.4, 0.5) is 0 Å². The molecule has 2 aromatic heterocycles. The first-order valence-corrected chi connectivity index (χ1v) is 7.71. The molecule has 2 unspecified atom stereocenters. The molecule has 0 radical (unpaired) electrons. The highest BCUT2D eigenvalue weighted by atomic mass is 79.9. The molecule has 98 valence electrons. The maximum absolute atomic E-state index is 6.19. The Labute approximate surface area is 124 Å². The first-order chi connectivity index (χ1) is 9.16. The molecule has 0 spiro atoms. The molecule has 2 atom stereocenters. The zero-order valence-corrected chi connectivity index (χ0v) is 12.9. The summed E-state index contributed by atoms with van der Waals surface area (Å²) in [6, 6.07) is 12.4. The summed E-state index contributed by atoms with van der Waals surface area (Å²) in [5.74, 6) is 0. The van der Waals surface area contributed by atoms with Gasteiger partial charge in [0.1, 0.15) is 6.04 Å². The molecular weight excluding hydrogens is 322 g/mol. The summed E-state index contributed by atoms with van der Waals surface area (Å²) in [7, 11) is 0. The second kappa shape index (κ2) is 5.07. The summed E-state index contributed by atoms with van der Waals surface area (Å²) in [4.78, 5) is 1.22. The van der Waals surface area contributed by atoms with E-state index in [9.17, 15) is 0 Å². The van der Waals surface area contributed by atoms with Crippen LogP contribution in [0.15, 0.2) is 46.4 Å². The van der Waals surface area contributed by atoms with Crippen LogP contribution in [-0.4, -0.2) is 15.8 Å². The number of hydrogen-bond donors (Lipinski definition) is 1. The SMILES string of the molecule is CC(N)C(c1ccc(Br)s1)n1ncc2ccccc21. The third kappa shape index (κ3) is 2.33. The third-order valence-corrected chi connectivity index (χ3v) is 4.85. The van der Waals surface area contributed by atoms with Crippen molar-refractivity contribution >= 4 is 38.2 Å². The normalized spacial score (nSPS) is 14.7. The minimum absolute atomic E-state index is 0.00569. The number of thiophene rings is 1. The Morgan fingerprint density at radius 2 is 2.05 bits per heavy atom. The standard InChI is InChI=1S/C14H14BrN3S/c1-9(16)14(12-6-7-13(15)19-12)18-11-5-3-2-4-10(11)8-17-18/h2-9,14H,16H2,1H3. The van der Waals surface area contributed by atoms with Gasteiger partial charge in [-0.15, -0.1) is 11.3 Å². The van der Waals surface area contributed by atoms with Gasteiger partial charge in [0.05, 0.1) is 15.5 Å². The topological polar surface area (TPSA) is 43.8 Å². The molecule has 0 amide bonds. The molecule has 3 aromatic rings. The van der Waals surface area contributed by atoms with Crippen molar-refractivity contribution in [2.24, 2.45) is 5.73 Å². The van der Waals surface area contributed by atoms with E-state index in [0.717, 1.165) is 14.7 Å². The highest BCUT2D eigenvalue weighted by Crippen LogP contribution is 2.32. The predicted octanol–water partition coefficient (Wildman–Crippen LogP) is 3.80. The molecule has 1 aromatic carbocycles. The number of para-hydroxylation sites is 1. The van der Waals surface area contributed by atoms with Crippen LogP contribution in [0.2, 0.25) is 0 Å². The number of hydrogen-bond acceptors (Lipinski definition) is 3. The van der Waals surface area contributed by atoms with Crippen molar-refractivity contribution in [1.29, 1.82) is 0 Å². The van der Waals surface area contributed by atoms with Crippen LogP contribution in [-0.2, 0) is 0 Å². The summed E-state index contributed by atoms with van der Waals surface area (Å²) >= 11 is 5.22. The van der Waals surface area contributed by atoms with E-state index in [-0.39, 0.29) is 12.1 Å². The molecule has 0 aliphatic rings. The van der Waals surface area contributed by atoms with Gasteiger partial charge in [-0.05, 0) is 41.1 Å². The zero-order valence-electron chi connectivity index (χ0n) is 10.5. The van der Waals surface area contributed by atoms with Crippen LogP contribution in [0.3, 0.4) is 0 Å². The molecule has 3 rings (SSSR count). The molecule has 0 bridgehead atoms. The van der Waals surface area contributed by atoms with Crippen LogP contribution in [0.25, 0.3) is 10.9 Å². The predicted molar refractivity (Wildman–Crippen MR) is 83.5 cm³/mol. The van der Waals surface area contributed by atoms with Crippen LogP contribution in [0.5, 0.6) is 0 Å². The van der Waals surface area contributed by atoms with Gasteiger partial charge in [0.15, 0.2) is 0 Å². The first-order valence-electron chi connectivity index (χ1n) is 6.10.